The van der Waals surface area contributed by atoms with Crippen LogP contribution in [0.15, 0.2) is 60.7 Å². The molecule has 0 aromatic heterocycles. The van der Waals surface area contributed by atoms with Crippen LogP contribution in [0, 0.1) is 0 Å². The van der Waals surface area contributed by atoms with E-state index in [1.54, 1.807) is 38.4 Å². The van der Waals surface area contributed by atoms with Gasteiger partial charge in [0.15, 0.2) is 11.5 Å². The van der Waals surface area contributed by atoms with E-state index in [2.05, 4.69) is 5.32 Å². The minimum atomic E-state index is -0.610. The third-order valence-corrected chi connectivity index (χ3v) is 6.69. The lowest BCUT2D eigenvalue weighted by Crippen LogP contribution is -2.27. The van der Waals surface area contributed by atoms with E-state index in [9.17, 15) is 14.4 Å². The Morgan fingerprint density at radius 2 is 1.69 bits per heavy atom. The highest BCUT2D eigenvalue weighted by Crippen LogP contribution is 2.51. The Balaban J connectivity index is 0.00000320. The molecular weight excluding hydrogens is 458 g/mol. The van der Waals surface area contributed by atoms with Crippen LogP contribution in [-0.4, -0.2) is 43.5 Å². The molecule has 0 atom stereocenters. The van der Waals surface area contributed by atoms with Crippen LogP contribution in [0.4, 0.5) is 5.69 Å². The molecule has 5 rings (SSSR count). The zero-order valence-corrected chi connectivity index (χ0v) is 20.2. The van der Waals surface area contributed by atoms with Crippen molar-refractivity contribution in [3.63, 3.8) is 0 Å². The van der Waals surface area contributed by atoms with Gasteiger partial charge in [-0.3, -0.25) is 14.4 Å². The molecule has 1 aliphatic heterocycles. The minimum Gasteiger partial charge on any atom is -0.454 e. The molecule has 3 aromatic rings. The number of nitrogens with two attached hydrogens (primary N) is 1. The van der Waals surface area contributed by atoms with Gasteiger partial charge in [0.05, 0.1) is 11.8 Å². The van der Waals surface area contributed by atoms with Gasteiger partial charge in [-0.05, 0) is 71.5 Å². The SMILES string of the molecule is CN(C)C(=O)c1ccc(-c2cc(NC(=O)C3(c4ccc5c(c4)OCO5)CC3)ccc2CC(N)=O)cc1.[HH]. The maximum absolute atomic E-state index is 13.4. The normalized spacial score (nSPS) is 14.7. The van der Waals surface area contributed by atoms with Crippen LogP contribution in [0.3, 0.4) is 0 Å². The van der Waals surface area contributed by atoms with E-state index in [-0.39, 0.29) is 26.5 Å². The van der Waals surface area contributed by atoms with Crippen molar-refractivity contribution in [2.75, 3.05) is 26.2 Å². The van der Waals surface area contributed by atoms with Crippen molar-refractivity contribution in [2.24, 2.45) is 5.73 Å². The quantitative estimate of drug-likeness (QED) is 0.528. The van der Waals surface area contributed by atoms with E-state index in [1.165, 1.54) is 4.90 Å². The maximum atomic E-state index is 13.4. The summed E-state index contributed by atoms with van der Waals surface area (Å²) in [5.41, 5.74) is 9.26. The van der Waals surface area contributed by atoms with Crippen molar-refractivity contribution in [3.8, 4) is 22.6 Å². The summed E-state index contributed by atoms with van der Waals surface area (Å²) in [5.74, 6) is 0.691. The number of hydrogen-bond acceptors (Lipinski definition) is 5. The second-order valence-electron chi connectivity index (χ2n) is 9.40. The largest absolute Gasteiger partial charge is 0.454 e. The van der Waals surface area contributed by atoms with Crippen LogP contribution in [0.5, 0.6) is 11.5 Å². The molecule has 3 amide bonds. The van der Waals surface area contributed by atoms with E-state index < -0.39 is 11.3 Å². The van der Waals surface area contributed by atoms with Gasteiger partial charge >= 0.3 is 0 Å². The van der Waals surface area contributed by atoms with Crippen molar-refractivity contribution < 1.29 is 25.3 Å². The van der Waals surface area contributed by atoms with Crippen LogP contribution < -0.4 is 20.5 Å². The number of amides is 3. The molecule has 1 heterocycles. The Labute approximate surface area is 210 Å². The van der Waals surface area contributed by atoms with Crippen LogP contribution in [0.2, 0.25) is 0 Å². The summed E-state index contributed by atoms with van der Waals surface area (Å²) in [4.78, 5) is 38.9. The number of nitrogens with one attached hydrogen (secondary N) is 1. The molecule has 0 saturated heterocycles. The van der Waals surface area contributed by atoms with Crippen LogP contribution in [0.25, 0.3) is 11.1 Å². The molecule has 8 nitrogen and oxygen atoms in total. The fourth-order valence-electron chi connectivity index (χ4n) is 4.53. The zero-order valence-electron chi connectivity index (χ0n) is 20.2. The third-order valence-electron chi connectivity index (χ3n) is 6.69. The molecule has 0 unspecified atom stereocenters. The number of carbonyl (C=O) groups excluding carboxylic acids is 3. The zero-order chi connectivity index (χ0) is 25.4. The number of rotatable bonds is 7. The van der Waals surface area contributed by atoms with Gasteiger partial charge in [0.2, 0.25) is 18.6 Å². The number of carbonyl (C=O) groups is 3. The number of hydrogen-bond donors (Lipinski definition) is 2. The fourth-order valence-corrected chi connectivity index (χ4v) is 4.53. The van der Waals surface area contributed by atoms with Gasteiger partial charge in [-0.1, -0.05) is 24.3 Å². The first-order valence-electron chi connectivity index (χ1n) is 11.7. The molecule has 1 saturated carbocycles. The van der Waals surface area contributed by atoms with E-state index in [4.69, 9.17) is 15.2 Å². The van der Waals surface area contributed by atoms with Crippen molar-refractivity contribution in [2.45, 2.75) is 24.7 Å². The second-order valence-corrected chi connectivity index (χ2v) is 9.40. The lowest BCUT2D eigenvalue weighted by molar-refractivity contribution is -0.119. The van der Waals surface area contributed by atoms with Gasteiger partial charge in [-0.25, -0.2) is 0 Å². The smallest absolute Gasteiger partial charge is 0.253 e. The monoisotopic (exact) mass is 487 g/mol. The van der Waals surface area contributed by atoms with E-state index in [0.717, 1.165) is 35.1 Å². The van der Waals surface area contributed by atoms with Gasteiger partial charge in [-0.2, -0.15) is 0 Å². The molecule has 186 valence electrons. The molecule has 3 N–H and O–H groups in total. The molecule has 36 heavy (non-hydrogen) atoms. The van der Waals surface area contributed by atoms with Crippen LogP contribution >= 0.6 is 0 Å². The van der Waals surface area contributed by atoms with E-state index in [0.29, 0.717) is 22.7 Å². The summed E-state index contributed by atoms with van der Waals surface area (Å²) in [5, 5.41) is 3.06. The molecule has 0 radical (unpaired) electrons. The fraction of sp³-hybridized carbons (Fsp3) is 0.250. The van der Waals surface area contributed by atoms with Crippen molar-refractivity contribution in [1.82, 2.24) is 4.90 Å². The Bertz CT molecular complexity index is 1370. The first-order chi connectivity index (χ1) is 17.3. The summed E-state index contributed by atoms with van der Waals surface area (Å²) in [6.45, 7) is 0.183. The van der Waals surface area contributed by atoms with E-state index in [1.807, 2.05) is 36.4 Å². The Hall–Kier alpha value is -4.33. The van der Waals surface area contributed by atoms with Gasteiger partial charge in [-0.15, -0.1) is 0 Å². The summed E-state index contributed by atoms with van der Waals surface area (Å²) < 4.78 is 10.9. The summed E-state index contributed by atoms with van der Waals surface area (Å²) in [6.07, 6.45) is 1.54. The Kier molecular flexibility index (Phi) is 5.88. The molecule has 2 aliphatic rings. The molecule has 1 aliphatic carbocycles. The number of fused-ring (bicyclic) bond motifs is 1. The first-order valence-corrected chi connectivity index (χ1v) is 11.7. The maximum Gasteiger partial charge on any atom is 0.253 e. The van der Waals surface area contributed by atoms with Crippen molar-refractivity contribution in [3.05, 3.63) is 77.4 Å². The predicted molar refractivity (Wildman–Crippen MR) is 137 cm³/mol. The summed E-state index contributed by atoms with van der Waals surface area (Å²) >= 11 is 0. The molecular formula is C28H29N3O5. The second kappa shape index (κ2) is 9.03. The van der Waals surface area contributed by atoms with Gasteiger partial charge in [0.1, 0.15) is 0 Å². The summed E-state index contributed by atoms with van der Waals surface area (Å²) in [6, 6.07) is 18.2. The topological polar surface area (TPSA) is 111 Å². The van der Waals surface area contributed by atoms with Crippen LogP contribution in [0.1, 0.15) is 35.8 Å². The standard InChI is InChI=1S/C28H27N3O5.H2/c1-31(2)26(33)18-5-3-17(4-6-18)22-15-21(9-7-19(22)13-25(29)32)30-27(34)28(11-12-28)20-8-10-23-24(14-20)36-16-35-23;/h3-10,14-15H,11-13,16H2,1-2H3,(H2,29,32)(H,30,34);1H. The van der Waals surface area contributed by atoms with Crippen molar-refractivity contribution >= 4 is 23.4 Å². The Morgan fingerprint density at radius 1 is 0.972 bits per heavy atom. The highest BCUT2D eigenvalue weighted by Gasteiger charge is 2.51. The van der Waals surface area contributed by atoms with Gasteiger partial charge in [0, 0.05) is 26.8 Å². The van der Waals surface area contributed by atoms with Gasteiger partial charge < -0.3 is 25.4 Å². The molecule has 1 fully saturated rings. The number of nitrogens with zero attached hydrogens (tertiary/aromatic N) is 1. The average molecular weight is 488 g/mol. The third kappa shape index (κ3) is 4.37. The highest BCUT2D eigenvalue weighted by atomic mass is 16.7. The van der Waals surface area contributed by atoms with Crippen molar-refractivity contribution in [1.29, 1.82) is 0 Å². The Morgan fingerprint density at radius 3 is 2.36 bits per heavy atom. The highest BCUT2D eigenvalue weighted by molar-refractivity contribution is 6.02. The number of ether oxygens (including phenoxy) is 2. The lowest BCUT2D eigenvalue weighted by atomic mass is 9.93. The minimum absolute atomic E-state index is 0. The van der Waals surface area contributed by atoms with Gasteiger partial charge in [0.25, 0.3) is 5.91 Å². The van der Waals surface area contributed by atoms with E-state index >= 15 is 0 Å². The first kappa shape index (κ1) is 23.4. The average Bonchev–Trinajstić information content (AvgIpc) is 3.55. The molecule has 8 heteroatoms. The van der Waals surface area contributed by atoms with Crippen LogP contribution in [-0.2, 0) is 21.4 Å². The number of anilines is 1. The summed E-state index contributed by atoms with van der Waals surface area (Å²) in [7, 11) is 3.40. The molecule has 0 spiro atoms. The number of benzene rings is 3. The molecule has 0 bridgehead atoms. The number of primary amides is 1. The molecule has 3 aromatic carbocycles. The lowest BCUT2D eigenvalue weighted by Gasteiger charge is -2.18. The predicted octanol–water partition coefficient (Wildman–Crippen LogP) is 3.73.